The second-order valence-electron chi connectivity index (χ2n) is 5.25. The van der Waals surface area contributed by atoms with Gasteiger partial charge in [0, 0.05) is 33.9 Å². The van der Waals surface area contributed by atoms with Gasteiger partial charge in [0.1, 0.15) is 0 Å². The van der Waals surface area contributed by atoms with Crippen LogP contribution in [0.15, 0.2) is 40.2 Å². The lowest BCUT2D eigenvalue weighted by Gasteiger charge is -2.19. The lowest BCUT2D eigenvalue weighted by Crippen LogP contribution is -2.26. The highest BCUT2D eigenvalue weighted by atomic mass is 79.9. The molecular formula is C16H19BrN2OS. The molecule has 0 fully saturated rings. The fraction of sp³-hybridized carbons (Fsp3) is 0.312. The first-order valence-corrected chi connectivity index (χ1v) is 8.45. The third-order valence-electron chi connectivity index (χ3n) is 3.43. The molecule has 112 valence electrons. The van der Waals surface area contributed by atoms with Crippen LogP contribution < -0.4 is 5.73 Å². The molecule has 0 saturated heterocycles. The lowest BCUT2D eigenvalue weighted by molar-refractivity contribution is -0.130. The number of hydrogen-bond donors (Lipinski definition) is 1. The zero-order valence-corrected chi connectivity index (χ0v) is 14.6. The molecule has 2 N–H and O–H groups in total. The molecule has 0 radical (unpaired) electrons. The Bertz CT molecular complexity index is 609. The van der Waals surface area contributed by atoms with Gasteiger partial charge in [-0.1, -0.05) is 19.1 Å². The van der Waals surface area contributed by atoms with Crippen LogP contribution in [0.4, 0.5) is 5.69 Å². The molecule has 2 rings (SSSR count). The minimum absolute atomic E-state index is 0.156. The first-order valence-electron chi connectivity index (χ1n) is 6.78. The van der Waals surface area contributed by atoms with Crippen LogP contribution >= 0.6 is 27.3 Å². The molecule has 0 bridgehead atoms. The molecule has 0 spiro atoms. The molecule has 0 aliphatic rings. The van der Waals surface area contributed by atoms with Crippen LogP contribution in [-0.4, -0.2) is 17.9 Å². The van der Waals surface area contributed by atoms with E-state index >= 15 is 0 Å². The van der Waals surface area contributed by atoms with Crippen molar-refractivity contribution >= 4 is 38.9 Å². The SMILES string of the molecule is CC(CC(=O)N(C)Cc1cc(Br)cs1)c1ccc(N)cc1. The number of carbonyl (C=O) groups is 1. The zero-order chi connectivity index (χ0) is 15.4. The van der Waals surface area contributed by atoms with E-state index in [1.54, 1.807) is 16.2 Å². The van der Waals surface area contributed by atoms with Gasteiger partial charge in [-0.15, -0.1) is 11.3 Å². The normalized spacial score (nSPS) is 12.1. The smallest absolute Gasteiger partial charge is 0.223 e. The number of carbonyl (C=O) groups excluding carboxylic acids is 1. The molecule has 0 aliphatic heterocycles. The van der Waals surface area contributed by atoms with Crippen LogP contribution in [0.2, 0.25) is 0 Å². The molecule has 1 aromatic heterocycles. The molecule has 1 heterocycles. The van der Waals surface area contributed by atoms with E-state index in [0.717, 1.165) is 15.7 Å². The predicted molar refractivity (Wildman–Crippen MR) is 92.4 cm³/mol. The van der Waals surface area contributed by atoms with Gasteiger partial charge >= 0.3 is 0 Å². The van der Waals surface area contributed by atoms with Gasteiger partial charge in [-0.25, -0.2) is 0 Å². The number of nitrogens with zero attached hydrogens (tertiary/aromatic N) is 1. The van der Waals surface area contributed by atoms with Crippen LogP contribution in [0.3, 0.4) is 0 Å². The van der Waals surface area contributed by atoms with Crippen LogP contribution in [0.5, 0.6) is 0 Å². The average molecular weight is 367 g/mol. The number of nitrogens with two attached hydrogens (primary N) is 1. The quantitative estimate of drug-likeness (QED) is 0.804. The number of amides is 1. The summed E-state index contributed by atoms with van der Waals surface area (Å²) >= 11 is 5.09. The van der Waals surface area contributed by atoms with Crippen LogP contribution in [0.1, 0.15) is 29.7 Å². The first-order chi connectivity index (χ1) is 9.95. The van der Waals surface area contributed by atoms with E-state index in [0.29, 0.717) is 13.0 Å². The van der Waals surface area contributed by atoms with E-state index in [1.807, 2.05) is 36.7 Å². The van der Waals surface area contributed by atoms with Crippen molar-refractivity contribution in [2.45, 2.75) is 25.8 Å². The molecule has 2 aromatic rings. The minimum atomic E-state index is 0.156. The van der Waals surface area contributed by atoms with Gasteiger partial charge < -0.3 is 10.6 Å². The molecule has 1 aromatic carbocycles. The Kier molecular flexibility index (Phi) is 5.42. The van der Waals surface area contributed by atoms with Crippen molar-refractivity contribution < 1.29 is 4.79 Å². The van der Waals surface area contributed by atoms with Crippen LogP contribution in [0, 0.1) is 0 Å². The molecular weight excluding hydrogens is 348 g/mol. The topological polar surface area (TPSA) is 46.3 Å². The molecule has 3 nitrogen and oxygen atoms in total. The zero-order valence-electron chi connectivity index (χ0n) is 12.2. The van der Waals surface area contributed by atoms with Gasteiger partial charge in [0.2, 0.25) is 5.91 Å². The second-order valence-corrected chi connectivity index (χ2v) is 7.16. The van der Waals surface area contributed by atoms with E-state index in [1.165, 1.54) is 4.88 Å². The summed E-state index contributed by atoms with van der Waals surface area (Å²) in [7, 11) is 1.85. The van der Waals surface area contributed by atoms with Crippen molar-refractivity contribution in [2.24, 2.45) is 0 Å². The minimum Gasteiger partial charge on any atom is -0.399 e. The number of thiophene rings is 1. The maximum absolute atomic E-state index is 12.3. The summed E-state index contributed by atoms with van der Waals surface area (Å²) in [6.07, 6.45) is 0.507. The van der Waals surface area contributed by atoms with Gasteiger partial charge in [0.05, 0.1) is 6.54 Å². The van der Waals surface area contributed by atoms with Crippen molar-refractivity contribution in [3.63, 3.8) is 0 Å². The van der Waals surface area contributed by atoms with E-state index in [9.17, 15) is 4.79 Å². The molecule has 5 heteroatoms. The molecule has 1 unspecified atom stereocenters. The number of anilines is 1. The Labute approximate surface area is 137 Å². The first kappa shape index (κ1) is 16.0. The predicted octanol–water partition coefficient (Wildman–Crippen LogP) is 4.25. The second kappa shape index (κ2) is 7.09. The van der Waals surface area contributed by atoms with Crippen molar-refractivity contribution in [1.82, 2.24) is 4.90 Å². The van der Waals surface area contributed by atoms with Crippen molar-refractivity contribution in [2.75, 3.05) is 12.8 Å². The Morgan fingerprint density at radius 3 is 2.62 bits per heavy atom. The molecule has 1 amide bonds. The summed E-state index contributed by atoms with van der Waals surface area (Å²) in [5, 5.41) is 2.03. The third-order valence-corrected chi connectivity index (χ3v) is 5.11. The van der Waals surface area contributed by atoms with E-state index in [-0.39, 0.29) is 11.8 Å². The van der Waals surface area contributed by atoms with Gasteiger partial charge in [-0.2, -0.15) is 0 Å². The maximum atomic E-state index is 12.3. The summed E-state index contributed by atoms with van der Waals surface area (Å²) in [6.45, 7) is 2.72. The molecule has 0 aliphatic carbocycles. The van der Waals surface area contributed by atoms with Gasteiger partial charge in [-0.3, -0.25) is 4.79 Å². The summed E-state index contributed by atoms with van der Waals surface area (Å²) in [5.74, 6) is 0.347. The number of halogens is 1. The lowest BCUT2D eigenvalue weighted by atomic mass is 9.97. The molecule has 0 saturated carbocycles. The largest absolute Gasteiger partial charge is 0.399 e. The molecule has 21 heavy (non-hydrogen) atoms. The Morgan fingerprint density at radius 2 is 2.05 bits per heavy atom. The molecule has 1 atom stereocenters. The van der Waals surface area contributed by atoms with Crippen molar-refractivity contribution in [3.05, 3.63) is 50.6 Å². The van der Waals surface area contributed by atoms with Crippen LogP contribution in [-0.2, 0) is 11.3 Å². The fourth-order valence-electron chi connectivity index (χ4n) is 2.12. The highest BCUT2D eigenvalue weighted by Crippen LogP contribution is 2.23. The standard InChI is InChI=1S/C16H19BrN2OS/c1-11(12-3-5-14(18)6-4-12)7-16(20)19(2)9-15-8-13(17)10-21-15/h3-6,8,10-11H,7,9,18H2,1-2H3. The Balaban J connectivity index is 1.92. The van der Waals surface area contributed by atoms with Crippen molar-refractivity contribution in [1.29, 1.82) is 0 Å². The summed E-state index contributed by atoms with van der Waals surface area (Å²) < 4.78 is 1.07. The van der Waals surface area contributed by atoms with E-state index in [4.69, 9.17) is 5.73 Å². The Morgan fingerprint density at radius 1 is 1.38 bits per heavy atom. The number of rotatable bonds is 5. The van der Waals surface area contributed by atoms with Gasteiger partial charge in [-0.05, 0) is 45.6 Å². The number of benzene rings is 1. The van der Waals surface area contributed by atoms with Crippen LogP contribution in [0.25, 0.3) is 0 Å². The third kappa shape index (κ3) is 4.58. The van der Waals surface area contributed by atoms with Gasteiger partial charge in [0.15, 0.2) is 0 Å². The monoisotopic (exact) mass is 366 g/mol. The van der Waals surface area contributed by atoms with Crippen molar-refractivity contribution in [3.8, 4) is 0 Å². The fourth-order valence-corrected chi connectivity index (χ4v) is 3.62. The number of nitrogen functional groups attached to an aromatic ring is 1. The maximum Gasteiger partial charge on any atom is 0.223 e. The van der Waals surface area contributed by atoms with E-state index < -0.39 is 0 Å². The van der Waals surface area contributed by atoms with E-state index in [2.05, 4.69) is 28.9 Å². The summed E-state index contributed by atoms with van der Waals surface area (Å²) in [6, 6.07) is 9.79. The summed E-state index contributed by atoms with van der Waals surface area (Å²) in [4.78, 5) is 15.3. The average Bonchev–Trinajstić information content (AvgIpc) is 2.84. The summed E-state index contributed by atoms with van der Waals surface area (Å²) in [5.41, 5.74) is 7.58. The number of hydrogen-bond acceptors (Lipinski definition) is 3. The Hall–Kier alpha value is -1.33. The highest BCUT2D eigenvalue weighted by molar-refractivity contribution is 9.10. The highest BCUT2D eigenvalue weighted by Gasteiger charge is 2.15. The van der Waals surface area contributed by atoms with Gasteiger partial charge in [0.25, 0.3) is 0 Å².